The Morgan fingerprint density at radius 2 is 2.27 bits per heavy atom. The van der Waals surface area contributed by atoms with Gasteiger partial charge in [-0.15, -0.1) is 0 Å². The summed E-state index contributed by atoms with van der Waals surface area (Å²) in [5.74, 6) is 0.716. The average Bonchev–Trinajstić information content (AvgIpc) is 2.56. The molecule has 15 heavy (non-hydrogen) atoms. The third-order valence-corrected chi connectivity index (χ3v) is 2.94. The number of hydrogen-bond acceptors (Lipinski definition) is 2. The summed E-state index contributed by atoms with van der Waals surface area (Å²) in [6, 6.07) is 5.28. The van der Waals surface area contributed by atoms with Crippen molar-refractivity contribution in [3.8, 4) is 0 Å². The van der Waals surface area contributed by atoms with Gasteiger partial charge in [0.25, 0.3) is 5.56 Å². The molecule has 0 radical (unpaired) electrons. The van der Waals surface area contributed by atoms with E-state index in [1.54, 1.807) is 16.5 Å². The van der Waals surface area contributed by atoms with Gasteiger partial charge < -0.3 is 10.3 Å². The van der Waals surface area contributed by atoms with Crippen molar-refractivity contribution in [1.29, 1.82) is 0 Å². The molecule has 1 aliphatic rings. The Morgan fingerprint density at radius 3 is 2.93 bits per heavy atom. The van der Waals surface area contributed by atoms with Crippen LogP contribution in [0.25, 0.3) is 5.65 Å². The quantitative estimate of drug-likeness (QED) is 0.741. The molecule has 1 fully saturated rings. The Kier molecular flexibility index (Phi) is 1.89. The van der Waals surface area contributed by atoms with Crippen molar-refractivity contribution < 1.29 is 0 Å². The summed E-state index contributed by atoms with van der Waals surface area (Å²) in [7, 11) is 0. The van der Waals surface area contributed by atoms with Crippen molar-refractivity contribution in [3.05, 3.63) is 40.4 Å². The van der Waals surface area contributed by atoms with Gasteiger partial charge in [0.1, 0.15) is 5.65 Å². The average molecular weight is 203 g/mol. The van der Waals surface area contributed by atoms with Crippen LogP contribution in [0.3, 0.4) is 0 Å². The van der Waals surface area contributed by atoms with Gasteiger partial charge in [-0.1, -0.05) is 6.07 Å². The summed E-state index contributed by atoms with van der Waals surface area (Å²) in [6.45, 7) is 2.18. The van der Waals surface area contributed by atoms with Crippen molar-refractivity contribution in [2.75, 3.05) is 13.1 Å². The number of fused-ring (bicyclic) bond motifs is 1. The number of rotatable bonds is 2. The second-order valence-corrected chi connectivity index (χ2v) is 4.13. The molecule has 4 nitrogen and oxygen atoms in total. The number of aromatic amines is 1. The van der Waals surface area contributed by atoms with E-state index in [0.717, 1.165) is 30.9 Å². The molecule has 3 rings (SSSR count). The third-order valence-electron chi connectivity index (χ3n) is 2.94. The van der Waals surface area contributed by atoms with E-state index in [9.17, 15) is 4.79 Å². The van der Waals surface area contributed by atoms with Crippen molar-refractivity contribution in [2.45, 2.75) is 6.42 Å². The molecule has 2 aromatic heterocycles. The standard InChI is InChI=1S/C11H13N3O/c15-11-3-1-2-10-13-9(7-14(10)11)4-8-5-12-6-8/h1-3,7-8,12-13H,4-6H2. The molecule has 0 unspecified atom stereocenters. The van der Waals surface area contributed by atoms with Gasteiger partial charge in [-0.25, -0.2) is 0 Å². The minimum Gasteiger partial charge on any atom is -0.343 e. The zero-order valence-corrected chi connectivity index (χ0v) is 8.36. The SMILES string of the molecule is O=c1cccc2[nH]c(CC3CNC3)cn12. The molecule has 0 saturated carbocycles. The lowest BCUT2D eigenvalue weighted by Gasteiger charge is -2.26. The van der Waals surface area contributed by atoms with Crippen LogP contribution >= 0.6 is 0 Å². The first kappa shape index (κ1) is 8.73. The van der Waals surface area contributed by atoms with Gasteiger partial charge in [0, 0.05) is 18.0 Å². The van der Waals surface area contributed by atoms with Crippen LogP contribution in [-0.2, 0) is 6.42 Å². The number of pyridine rings is 1. The van der Waals surface area contributed by atoms with E-state index in [-0.39, 0.29) is 5.56 Å². The maximum absolute atomic E-state index is 11.5. The number of nitrogens with zero attached hydrogens (tertiary/aromatic N) is 1. The molecule has 2 N–H and O–H groups in total. The third kappa shape index (κ3) is 1.47. The van der Waals surface area contributed by atoms with Gasteiger partial charge in [-0.2, -0.15) is 0 Å². The Bertz CT molecular complexity index is 536. The molecule has 1 aliphatic heterocycles. The van der Waals surface area contributed by atoms with Crippen LogP contribution in [0.4, 0.5) is 0 Å². The number of imidazole rings is 1. The van der Waals surface area contributed by atoms with Crippen molar-refractivity contribution in [1.82, 2.24) is 14.7 Å². The molecule has 1 saturated heterocycles. The van der Waals surface area contributed by atoms with E-state index < -0.39 is 0 Å². The fourth-order valence-electron chi connectivity index (χ4n) is 2.00. The zero-order chi connectivity index (χ0) is 10.3. The highest BCUT2D eigenvalue weighted by Crippen LogP contribution is 2.11. The lowest BCUT2D eigenvalue weighted by Crippen LogP contribution is -2.43. The molecule has 0 aliphatic carbocycles. The van der Waals surface area contributed by atoms with Crippen LogP contribution < -0.4 is 10.9 Å². The molecule has 4 heteroatoms. The molecule has 0 spiro atoms. The maximum atomic E-state index is 11.5. The number of H-pyrrole nitrogens is 1. The maximum Gasteiger partial charge on any atom is 0.256 e. The molecule has 0 aromatic carbocycles. The highest BCUT2D eigenvalue weighted by atomic mass is 16.1. The normalized spacial score (nSPS) is 16.8. The lowest BCUT2D eigenvalue weighted by molar-refractivity contribution is 0.344. The predicted octanol–water partition coefficient (Wildman–Crippen LogP) is 0.389. The summed E-state index contributed by atoms with van der Waals surface area (Å²) in [5.41, 5.74) is 2.05. The Morgan fingerprint density at radius 1 is 1.40 bits per heavy atom. The summed E-state index contributed by atoms with van der Waals surface area (Å²) in [5, 5.41) is 3.24. The number of nitrogens with one attached hydrogen (secondary N) is 2. The summed E-state index contributed by atoms with van der Waals surface area (Å²) >= 11 is 0. The van der Waals surface area contributed by atoms with E-state index in [1.807, 2.05) is 12.3 Å². The zero-order valence-electron chi connectivity index (χ0n) is 8.36. The molecular weight excluding hydrogens is 190 g/mol. The van der Waals surface area contributed by atoms with Gasteiger partial charge in [0.05, 0.1) is 0 Å². The monoisotopic (exact) mass is 203 g/mol. The number of aromatic nitrogens is 2. The van der Waals surface area contributed by atoms with Crippen LogP contribution in [0.1, 0.15) is 5.69 Å². The van der Waals surface area contributed by atoms with Crippen molar-refractivity contribution >= 4 is 5.65 Å². The van der Waals surface area contributed by atoms with E-state index in [0.29, 0.717) is 5.92 Å². The highest BCUT2D eigenvalue weighted by Gasteiger charge is 2.17. The molecule has 2 aromatic rings. The Hall–Kier alpha value is -1.55. The molecule has 78 valence electrons. The van der Waals surface area contributed by atoms with Crippen LogP contribution in [0, 0.1) is 5.92 Å². The van der Waals surface area contributed by atoms with Crippen LogP contribution in [0.15, 0.2) is 29.2 Å². The van der Waals surface area contributed by atoms with Gasteiger partial charge in [0.15, 0.2) is 0 Å². The first-order valence-corrected chi connectivity index (χ1v) is 5.23. The predicted molar refractivity (Wildman–Crippen MR) is 58.1 cm³/mol. The van der Waals surface area contributed by atoms with Crippen LogP contribution in [0.5, 0.6) is 0 Å². The smallest absolute Gasteiger partial charge is 0.256 e. The molecule has 3 heterocycles. The van der Waals surface area contributed by atoms with Crippen molar-refractivity contribution in [3.63, 3.8) is 0 Å². The fraction of sp³-hybridized carbons (Fsp3) is 0.364. The second kappa shape index (κ2) is 3.24. The fourth-order valence-corrected chi connectivity index (χ4v) is 2.00. The van der Waals surface area contributed by atoms with E-state index in [2.05, 4.69) is 10.3 Å². The van der Waals surface area contributed by atoms with Gasteiger partial charge in [-0.3, -0.25) is 9.20 Å². The lowest BCUT2D eigenvalue weighted by atomic mass is 9.98. The summed E-state index contributed by atoms with van der Waals surface area (Å²) in [4.78, 5) is 14.8. The Labute approximate surface area is 86.9 Å². The van der Waals surface area contributed by atoms with Crippen LogP contribution in [-0.4, -0.2) is 22.5 Å². The minimum atomic E-state index is 0.0294. The molecule has 0 atom stereocenters. The first-order valence-electron chi connectivity index (χ1n) is 5.23. The largest absolute Gasteiger partial charge is 0.343 e. The number of hydrogen-bond donors (Lipinski definition) is 2. The Balaban J connectivity index is 1.98. The first-order chi connectivity index (χ1) is 7.33. The van der Waals surface area contributed by atoms with Gasteiger partial charge >= 0.3 is 0 Å². The topological polar surface area (TPSA) is 49.3 Å². The summed E-state index contributed by atoms with van der Waals surface area (Å²) < 4.78 is 1.67. The highest BCUT2D eigenvalue weighted by molar-refractivity contribution is 5.39. The van der Waals surface area contributed by atoms with Crippen molar-refractivity contribution in [2.24, 2.45) is 5.92 Å². The molecule has 0 bridgehead atoms. The second-order valence-electron chi connectivity index (χ2n) is 4.13. The van der Waals surface area contributed by atoms with Gasteiger partial charge in [0.2, 0.25) is 0 Å². The van der Waals surface area contributed by atoms with E-state index >= 15 is 0 Å². The summed E-state index contributed by atoms with van der Waals surface area (Å²) in [6.07, 6.45) is 2.93. The molecular formula is C11H13N3O. The van der Waals surface area contributed by atoms with E-state index in [1.165, 1.54) is 0 Å². The van der Waals surface area contributed by atoms with Gasteiger partial charge in [-0.05, 0) is 31.5 Å². The molecule has 0 amide bonds. The van der Waals surface area contributed by atoms with Crippen LogP contribution in [0.2, 0.25) is 0 Å². The van der Waals surface area contributed by atoms with E-state index in [4.69, 9.17) is 0 Å². The minimum absolute atomic E-state index is 0.0294.